The molecule has 7 heteroatoms. The van der Waals surface area contributed by atoms with Gasteiger partial charge in [-0.3, -0.25) is 9.59 Å². The molecule has 0 radical (unpaired) electrons. The van der Waals surface area contributed by atoms with Crippen LogP contribution < -0.4 is 0 Å². The topological polar surface area (TPSA) is 77.5 Å². The van der Waals surface area contributed by atoms with Crippen LogP contribution >= 0.6 is 0 Å². The molecule has 0 spiro atoms. The Bertz CT molecular complexity index is 1200. The summed E-state index contributed by atoms with van der Waals surface area (Å²) in [7, 11) is -3.38. The van der Waals surface area contributed by atoms with Gasteiger partial charge in [0.2, 0.25) is 0 Å². The minimum Gasteiger partial charge on any atom is -0.466 e. The van der Waals surface area contributed by atoms with Crippen LogP contribution in [0, 0.1) is 5.82 Å². The van der Waals surface area contributed by atoms with Crippen molar-refractivity contribution in [2.24, 2.45) is 0 Å². The summed E-state index contributed by atoms with van der Waals surface area (Å²) in [6, 6.07) is 13.3. The Kier molecular flexibility index (Phi) is 5.79. The molecule has 0 N–H and O–H groups in total. The van der Waals surface area contributed by atoms with E-state index in [2.05, 4.69) is 0 Å². The number of esters is 1. The Morgan fingerprint density at radius 3 is 2.31 bits per heavy atom. The van der Waals surface area contributed by atoms with Crippen LogP contribution in [0.4, 0.5) is 4.39 Å². The van der Waals surface area contributed by atoms with Gasteiger partial charge in [0.1, 0.15) is 5.82 Å². The van der Waals surface area contributed by atoms with Gasteiger partial charge in [-0.15, -0.1) is 0 Å². The number of rotatable bonds is 6. The molecule has 0 aromatic heterocycles. The van der Waals surface area contributed by atoms with E-state index < -0.39 is 21.6 Å². The fourth-order valence-electron chi connectivity index (χ4n) is 3.05. The van der Waals surface area contributed by atoms with Gasteiger partial charge in [-0.05, 0) is 58.8 Å². The summed E-state index contributed by atoms with van der Waals surface area (Å²) < 4.78 is 42.0. The number of ketones is 1. The summed E-state index contributed by atoms with van der Waals surface area (Å²) in [6.45, 7) is 1.48. The summed E-state index contributed by atoms with van der Waals surface area (Å²) in [4.78, 5) is 24.2. The highest BCUT2D eigenvalue weighted by molar-refractivity contribution is 7.90. The fourth-order valence-corrected chi connectivity index (χ4v) is 3.68. The number of carbonyl (C=O) groups excluding carboxylic acids is 2. The molecule has 0 amide bonds. The summed E-state index contributed by atoms with van der Waals surface area (Å²) in [6.07, 6.45) is 1.49. The van der Waals surface area contributed by atoms with Gasteiger partial charge in [0.05, 0.1) is 11.5 Å². The number of hydrogen-bond acceptors (Lipinski definition) is 5. The third-order valence-electron chi connectivity index (χ3n) is 4.46. The second-order valence-electron chi connectivity index (χ2n) is 6.72. The van der Waals surface area contributed by atoms with E-state index in [1.807, 2.05) is 6.07 Å². The lowest BCUT2D eigenvalue weighted by Gasteiger charge is -2.11. The molecule has 0 unspecified atom stereocenters. The van der Waals surface area contributed by atoms with Gasteiger partial charge in [0.15, 0.2) is 15.6 Å². The van der Waals surface area contributed by atoms with E-state index in [0.717, 1.165) is 11.8 Å². The van der Waals surface area contributed by atoms with Crippen LogP contribution in [-0.2, 0) is 25.8 Å². The molecule has 0 aliphatic rings. The maximum absolute atomic E-state index is 13.8. The zero-order valence-electron chi connectivity index (χ0n) is 15.9. The molecule has 3 aromatic carbocycles. The summed E-state index contributed by atoms with van der Waals surface area (Å²) in [5.74, 6) is -1.21. The predicted octanol–water partition coefficient (Wildman–Crippen LogP) is 3.72. The summed E-state index contributed by atoms with van der Waals surface area (Å²) in [5.41, 5.74) is 1.36. The van der Waals surface area contributed by atoms with Crippen molar-refractivity contribution in [3.05, 3.63) is 77.1 Å². The van der Waals surface area contributed by atoms with Gasteiger partial charge in [-0.25, -0.2) is 12.8 Å². The average molecular weight is 414 g/mol. The highest BCUT2D eigenvalue weighted by Gasteiger charge is 2.16. The van der Waals surface area contributed by atoms with E-state index in [9.17, 15) is 22.4 Å². The normalized spacial score (nSPS) is 11.4. The van der Waals surface area contributed by atoms with Crippen LogP contribution in [-0.4, -0.2) is 33.0 Å². The summed E-state index contributed by atoms with van der Waals surface area (Å²) in [5, 5.41) is 1.14. The first-order valence-electron chi connectivity index (χ1n) is 8.85. The van der Waals surface area contributed by atoms with Crippen LogP contribution in [0.3, 0.4) is 0 Å². The van der Waals surface area contributed by atoms with Crippen molar-refractivity contribution in [3.63, 3.8) is 0 Å². The first-order chi connectivity index (χ1) is 13.6. The molecule has 5 nitrogen and oxygen atoms in total. The molecule has 3 rings (SSSR count). The number of carbonyl (C=O) groups is 2. The zero-order valence-corrected chi connectivity index (χ0v) is 16.8. The standard InChI is InChI=1S/C22H19FO5S/c1-14(24)28-10-9-15-11-17-3-6-18(23)13-20(17)21(12-15)22(25)16-4-7-19(8-5-16)29(2,26)27/h3-8,11-13H,9-10H2,1-2H3. The van der Waals surface area contributed by atoms with Crippen molar-refractivity contribution in [1.82, 2.24) is 0 Å². The Morgan fingerprint density at radius 2 is 1.69 bits per heavy atom. The minimum atomic E-state index is -3.38. The van der Waals surface area contributed by atoms with E-state index in [-0.39, 0.29) is 17.3 Å². The molecule has 0 atom stereocenters. The quantitative estimate of drug-likeness (QED) is 0.454. The van der Waals surface area contributed by atoms with Gasteiger partial charge in [0.25, 0.3) is 0 Å². The highest BCUT2D eigenvalue weighted by Crippen LogP contribution is 2.26. The number of benzene rings is 3. The number of hydrogen-bond donors (Lipinski definition) is 0. The van der Waals surface area contributed by atoms with Crippen molar-refractivity contribution < 1.29 is 27.1 Å². The van der Waals surface area contributed by atoms with Gasteiger partial charge in [0, 0.05) is 30.7 Å². The molecule has 0 fully saturated rings. The van der Waals surface area contributed by atoms with E-state index in [1.54, 1.807) is 12.1 Å². The lowest BCUT2D eigenvalue weighted by molar-refractivity contribution is -0.140. The molecule has 0 bridgehead atoms. The Morgan fingerprint density at radius 1 is 1.00 bits per heavy atom. The third-order valence-corrected chi connectivity index (χ3v) is 5.59. The lowest BCUT2D eigenvalue weighted by Crippen LogP contribution is -2.07. The van der Waals surface area contributed by atoms with Gasteiger partial charge >= 0.3 is 5.97 Å². The van der Waals surface area contributed by atoms with Crippen molar-refractivity contribution in [2.75, 3.05) is 12.9 Å². The van der Waals surface area contributed by atoms with Crippen molar-refractivity contribution >= 4 is 32.4 Å². The van der Waals surface area contributed by atoms with Crippen LogP contribution in [0.2, 0.25) is 0 Å². The maximum atomic E-state index is 13.8. The average Bonchev–Trinajstić information content (AvgIpc) is 2.66. The first kappa shape index (κ1) is 20.7. The number of sulfone groups is 1. The first-order valence-corrected chi connectivity index (χ1v) is 10.7. The van der Waals surface area contributed by atoms with E-state index >= 15 is 0 Å². The van der Waals surface area contributed by atoms with Gasteiger partial charge in [-0.2, -0.15) is 0 Å². The van der Waals surface area contributed by atoms with E-state index in [4.69, 9.17) is 4.74 Å². The SMILES string of the molecule is CC(=O)OCCc1cc(C(=O)c2ccc(S(C)(=O)=O)cc2)c2cc(F)ccc2c1. The number of fused-ring (bicyclic) bond motifs is 1. The minimum absolute atomic E-state index is 0.111. The molecule has 0 aliphatic heterocycles. The smallest absolute Gasteiger partial charge is 0.302 e. The van der Waals surface area contributed by atoms with Crippen LogP contribution in [0.1, 0.15) is 28.4 Å². The van der Waals surface area contributed by atoms with Crippen LogP contribution in [0.25, 0.3) is 10.8 Å². The highest BCUT2D eigenvalue weighted by atomic mass is 32.2. The van der Waals surface area contributed by atoms with Crippen LogP contribution in [0.5, 0.6) is 0 Å². The molecule has 29 heavy (non-hydrogen) atoms. The van der Waals surface area contributed by atoms with Crippen LogP contribution in [0.15, 0.2) is 59.5 Å². The molecule has 3 aromatic rings. The number of ether oxygens (including phenoxy) is 1. The molecule has 0 saturated heterocycles. The Hall–Kier alpha value is -3.06. The largest absolute Gasteiger partial charge is 0.466 e. The van der Waals surface area contributed by atoms with E-state index in [1.165, 1.54) is 43.3 Å². The lowest BCUT2D eigenvalue weighted by atomic mass is 9.94. The van der Waals surface area contributed by atoms with E-state index in [0.29, 0.717) is 28.3 Å². The molecule has 0 aliphatic carbocycles. The molecular formula is C22H19FO5S. The van der Waals surface area contributed by atoms with Crippen molar-refractivity contribution in [1.29, 1.82) is 0 Å². The second kappa shape index (κ2) is 8.13. The molecule has 150 valence electrons. The molecular weight excluding hydrogens is 395 g/mol. The Balaban J connectivity index is 2.04. The zero-order chi connectivity index (χ0) is 21.2. The van der Waals surface area contributed by atoms with Crippen molar-refractivity contribution in [2.45, 2.75) is 18.2 Å². The second-order valence-corrected chi connectivity index (χ2v) is 8.74. The fraction of sp³-hybridized carbons (Fsp3) is 0.182. The monoisotopic (exact) mass is 414 g/mol. The Labute approximate surface area is 168 Å². The maximum Gasteiger partial charge on any atom is 0.302 e. The van der Waals surface area contributed by atoms with Gasteiger partial charge in [-0.1, -0.05) is 12.1 Å². The third kappa shape index (κ3) is 4.86. The molecule has 0 saturated carbocycles. The predicted molar refractivity (Wildman–Crippen MR) is 107 cm³/mol. The number of halogens is 1. The van der Waals surface area contributed by atoms with Gasteiger partial charge < -0.3 is 4.74 Å². The summed E-state index contributed by atoms with van der Waals surface area (Å²) >= 11 is 0. The van der Waals surface area contributed by atoms with Crippen molar-refractivity contribution in [3.8, 4) is 0 Å². The molecule has 0 heterocycles.